The minimum atomic E-state index is 0.175. The molecule has 0 radical (unpaired) electrons. The minimum Gasteiger partial charge on any atom is -0.353 e. The van der Waals surface area contributed by atoms with Crippen molar-refractivity contribution in [2.45, 2.75) is 32.9 Å². The normalized spacial score (nSPS) is 12.2. The summed E-state index contributed by atoms with van der Waals surface area (Å²) in [4.78, 5) is 6.84. The maximum Gasteiger partial charge on any atom is 0.128 e. The third-order valence-electron chi connectivity index (χ3n) is 3.29. The lowest BCUT2D eigenvalue weighted by Gasteiger charge is -2.22. The molecule has 3 nitrogen and oxygen atoms in total. The van der Waals surface area contributed by atoms with Crippen molar-refractivity contribution in [3.8, 4) is 0 Å². The van der Waals surface area contributed by atoms with Gasteiger partial charge in [-0.1, -0.05) is 36.4 Å². The third kappa shape index (κ3) is 4.07. The molecule has 1 atom stereocenters. The van der Waals surface area contributed by atoms with E-state index in [9.17, 15) is 0 Å². The van der Waals surface area contributed by atoms with Crippen LogP contribution in [0.3, 0.4) is 0 Å². The summed E-state index contributed by atoms with van der Waals surface area (Å²) in [7, 11) is 0. The van der Waals surface area contributed by atoms with Crippen LogP contribution >= 0.6 is 0 Å². The van der Waals surface area contributed by atoms with E-state index in [0.717, 1.165) is 25.3 Å². The smallest absolute Gasteiger partial charge is 0.128 e. The summed E-state index contributed by atoms with van der Waals surface area (Å²) < 4.78 is 0. The van der Waals surface area contributed by atoms with Crippen LogP contribution in [0.25, 0.3) is 0 Å². The molecule has 0 amide bonds. The fraction of sp³-hybridized carbons (Fsp3) is 0.353. The van der Waals surface area contributed by atoms with Gasteiger partial charge in [0.05, 0.1) is 0 Å². The number of hydrogen-bond donors (Lipinski definition) is 1. The van der Waals surface area contributed by atoms with E-state index in [2.05, 4.69) is 53.2 Å². The molecule has 2 N–H and O–H groups in total. The largest absolute Gasteiger partial charge is 0.353 e. The molecule has 3 heteroatoms. The molecular formula is C17H23N3. The zero-order chi connectivity index (χ0) is 14.4. The first-order valence-corrected chi connectivity index (χ1v) is 7.18. The van der Waals surface area contributed by atoms with Crippen molar-refractivity contribution in [2.75, 3.05) is 11.4 Å². The van der Waals surface area contributed by atoms with Gasteiger partial charge in [-0.05, 0) is 37.5 Å². The predicted molar refractivity (Wildman–Crippen MR) is 84.8 cm³/mol. The number of rotatable bonds is 6. The van der Waals surface area contributed by atoms with Crippen molar-refractivity contribution in [1.29, 1.82) is 0 Å². The van der Waals surface area contributed by atoms with E-state index in [1.54, 1.807) is 0 Å². The van der Waals surface area contributed by atoms with Crippen LogP contribution in [0.2, 0.25) is 0 Å². The maximum absolute atomic E-state index is 5.81. The molecule has 0 bridgehead atoms. The molecule has 2 aromatic rings. The summed E-state index contributed by atoms with van der Waals surface area (Å²) in [5.41, 5.74) is 8.31. The Kier molecular flexibility index (Phi) is 5.13. The Hall–Kier alpha value is -1.87. The van der Waals surface area contributed by atoms with Crippen molar-refractivity contribution < 1.29 is 0 Å². The maximum atomic E-state index is 5.81. The topological polar surface area (TPSA) is 42.1 Å². The highest BCUT2D eigenvalue weighted by atomic mass is 15.2. The fourth-order valence-electron chi connectivity index (χ4n) is 2.25. The Bertz CT molecular complexity index is 506. The number of aromatic nitrogens is 1. The average molecular weight is 269 g/mol. The first-order chi connectivity index (χ1) is 9.69. The van der Waals surface area contributed by atoms with Gasteiger partial charge < -0.3 is 10.6 Å². The van der Waals surface area contributed by atoms with E-state index in [0.29, 0.717) is 0 Å². The number of nitrogens with zero attached hydrogens (tertiary/aromatic N) is 2. The number of nitrogens with two attached hydrogens (primary N) is 1. The molecular weight excluding hydrogens is 246 g/mol. The fourth-order valence-corrected chi connectivity index (χ4v) is 2.25. The van der Waals surface area contributed by atoms with E-state index in [-0.39, 0.29) is 6.04 Å². The molecule has 0 fully saturated rings. The quantitative estimate of drug-likeness (QED) is 0.876. The summed E-state index contributed by atoms with van der Waals surface area (Å²) in [5, 5.41) is 0. The van der Waals surface area contributed by atoms with Crippen LogP contribution in [0.4, 0.5) is 5.82 Å². The van der Waals surface area contributed by atoms with Crippen molar-refractivity contribution in [1.82, 2.24) is 4.98 Å². The standard InChI is InChI=1S/C17H23N3/c1-3-20(13-15-7-5-4-6-8-15)17-10-9-16(12-19-17)11-14(2)18/h4-10,12,14H,3,11,13,18H2,1-2H3. The van der Waals surface area contributed by atoms with E-state index in [1.165, 1.54) is 11.1 Å². The van der Waals surface area contributed by atoms with Crippen molar-refractivity contribution in [2.24, 2.45) is 5.73 Å². The molecule has 1 aromatic heterocycles. The average Bonchev–Trinajstić information content (AvgIpc) is 2.46. The summed E-state index contributed by atoms with van der Waals surface area (Å²) in [6.45, 7) is 5.99. The second-order valence-corrected chi connectivity index (χ2v) is 5.21. The molecule has 0 aliphatic rings. The molecule has 0 aliphatic carbocycles. The van der Waals surface area contributed by atoms with Gasteiger partial charge in [0.15, 0.2) is 0 Å². The highest BCUT2D eigenvalue weighted by Crippen LogP contribution is 2.15. The van der Waals surface area contributed by atoms with Crippen molar-refractivity contribution in [3.63, 3.8) is 0 Å². The molecule has 0 aliphatic heterocycles. The van der Waals surface area contributed by atoms with Crippen LogP contribution in [0.1, 0.15) is 25.0 Å². The van der Waals surface area contributed by atoms with Crippen molar-refractivity contribution >= 4 is 5.82 Å². The van der Waals surface area contributed by atoms with E-state index < -0.39 is 0 Å². The van der Waals surface area contributed by atoms with Gasteiger partial charge in [0.2, 0.25) is 0 Å². The predicted octanol–water partition coefficient (Wildman–Crippen LogP) is 3.00. The molecule has 1 unspecified atom stereocenters. The second kappa shape index (κ2) is 7.06. The first-order valence-electron chi connectivity index (χ1n) is 7.18. The Morgan fingerprint density at radius 3 is 2.40 bits per heavy atom. The Morgan fingerprint density at radius 2 is 1.85 bits per heavy atom. The minimum absolute atomic E-state index is 0.175. The van der Waals surface area contributed by atoms with Gasteiger partial charge in [0, 0.05) is 25.3 Å². The monoisotopic (exact) mass is 269 g/mol. The number of hydrogen-bond acceptors (Lipinski definition) is 3. The molecule has 2 rings (SSSR count). The Labute approximate surface area is 121 Å². The zero-order valence-corrected chi connectivity index (χ0v) is 12.3. The van der Waals surface area contributed by atoms with Gasteiger partial charge in [-0.2, -0.15) is 0 Å². The number of pyridine rings is 1. The Balaban J connectivity index is 2.07. The summed E-state index contributed by atoms with van der Waals surface area (Å²) >= 11 is 0. The molecule has 0 saturated heterocycles. The molecule has 0 saturated carbocycles. The van der Waals surface area contributed by atoms with Crippen LogP contribution in [0.5, 0.6) is 0 Å². The number of benzene rings is 1. The molecule has 20 heavy (non-hydrogen) atoms. The first kappa shape index (κ1) is 14.5. The van der Waals surface area contributed by atoms with Crippen LogP contribution in [-0.4, -0.2) is 17.6 Å². The van der Waals surface area contributed by atoms with Crippen LogP contribution in [0, 0.1) is 0 Å². The van der Waals surface area contributed by atoms with Gasteiger partial charge in [-0.25, -0.2) is 4.98 Å². The highest BCUT2D eigenvalue weighted by molar-refractivity contribution is 5.40. The third-order valence-corrected chi connectivity index (χ3v) is 3.29. The second-order valence-electron chi connectivity index (χ2n) is 5.21. The lowest BCUT2D eigenvalue weighted by atomic mass is 10.1. The zero-order valence-electron chi connectivity index (χ0n) is 12.3. The summed E-state index contributed by atoms with van der Waals surface area (Å²) in [6.07, 6.45) is 2.81. The Morgan fingerprint density at radius 1 is 1.10 bits per heavy atom. The van der Waals surface area contributed by atoms with E-state index in [4.69, 9.17) is 5.73 Å². The van der Waals surface area contributed by atoms with E-state index in [1.807, 2.05) is 19.2 Å². The molecule has 106 valence electrons. The lowest BCUT2D eigenvalue weighted by Crippen LogP contribution is -2.23. The van der Waals surface area contributed by atoms with Gasteiger partial charge in [-0.3, -0.25) is 0 Å². The van der Waals surface area contributed by atoms with Crippen LogP contribution < -0.4 is 10.6 Å². The number of anilines is 1. The van der Waals surface area contributed by atoms with Crippen LogP contribution in [0.15, 0.2) is 48.7 Å². The summed E-state index contributed by atoms with van der Waals surface area (Å²) in [6, 6.07) is 14.9. The SMILES string of the molecule is CCN(Cc1ccccc1)c1ccc(CC(C)N)cn1. The lowest BCUT2D eigenvalue weighted by molar-refractivity contribution is 0.734. The van der Waals surface area contributed by atoms with Gasteiger partial charge in [0.1, 0.15) is 5.82 Å². The van der Waals surface area contributed by atoms with Crippen LogP contribution in [-0.2, 0) is 13.0 Å². The molecule has 1 heterocycles. The van der Waals surface area contributed by atoms with Gasteiger partial charge in [-0.15, -0.1) is 0 Å². The van der Waals surface area contributed by atoms with E-state index >= 15 is 0 Å². The highest BCUT2D eigenvalue weighted by Gasteiger charge is 2.07. The van der Waals surface area contributed by atoms with Gasteiger partial charge in [0.25, 0.3) is 0 Å². The molecule has 1 aromatic carbocycles. The molecule has 0 spiro atoms. The van der Waals surface area contributed by atoms with Gasteiger partial charge >= 0.3 is 0 Å². The summed E-state index contributed by atoms with van der Waals surface area (Å²) in [5.74, 6) is 1.02. The van der Waals surface area contributed by atoms with Crippen molar-refractivity contribution in [3.05, 3.63) is 59.8 Å².